The summed E-state index contributed by atoms with van der Waals surface area (Å²) < 4.78 is 13.1. The molecule has 0 unspecified atom stereocenters. The average molecular weight is 374 g/mol. The van der Waals surface area contributed by atoms with E-state index in [1.807, 2.05) is 24.3 Å². The van der Waals surface area contributed by atoms with E-state index in [-0.39, 0.29) is 16.5 Å². The van der Waals surface area contributed by atoms with E-state index in [0.717, 1.165) is 35.6 Å². The highest BCUT2D eigenvalue weighted by atomic mass is 35.5. The number of hydrogen-bond donors (Lipinski definition) is 1. The number of rotatable bonds is 3. The minimum absolute atomic E-state index is 0.0862. The van der Waals surface area contributed by atoms with Crippen molar-refractivity contribution in [2.24, 2.45) is 4.99 Å². The van der Waals surface area contributed by atoms with Crippen molar-refractivity contribution in [3.05, 3.63) is 69.8 Å². The standard InChI is InChI=1S/C18H13ClFN3OS/c19-15-9-12(20)3-6-14(15)17(24)22-13-4-1-11(2-5-13)16-10-25-18-21-7-8-23(16)18/h1-6,9-10H,7-8H2,(H,22,24). The van der Waals surface area contributed by atoms with Crippen LogP contribution in [0.2, 0.25) is 5.02 Å². The van der Waals surface area contributed by atoms with Crippen LogP contribution in [0, 0.1) is 5.82 Å². The first-order valence-corrected chi connectivity index (χ1v) is 8.93. The molecule has 2 aromatic carbocycles. The predicted molar refractivity (Wildman–Crippen MR) is 100 cm³/mol. The molecule has 0 spiro atoms. The van der Waals surface area contributed by atoms with Gasteiger partial charge in [0.1, 0.15) is 5.82 Å². The summed E-state index contributed by atoms with van der Waals surface area (Å²) in [6.45, 7) is 1.72. The molecule has 0 aromatic heterocycles. The van der Waals surface area contributed by atoms with Crippen LogP contribution in [0.4, 0.5) is 10.1 Å². The summed E-state index contributed by atoms with van der Waals surface area (Å²) in [5, 5.41) is 5.99. The van der Waals surface area contributed by atoms with Crippen molar-refractivity contribution in [2.45, 2.75) is 0 Å². The van der Waals surface area contributed by atoms with Gasteiger partial charge in [0.25, 0.3) is 5.91 Å². The molecular formula is C18H13ClFN3OS. The van der Waals surface area contributed by atoms with E-state index in [1.165, 1.54) is 12.1 Å². The summed E-state index contributed by atoms with van der Waals surface area (Å²) in [5.74, 6) is -0.846. The van der Waals surface area contributed by atoms with E-state index >= 15 is 0 Å². The van der Waals surface area contributed by atoms with Crippen LogP contribution < -0.4 is 5.32 Å². The number of fused-ring (bicyclic) bond motifs is 1. The number of carbonyl (C=O) groups is 1. The third kappa shape index (κ3) is 3.15. The Morgan fingerprint density at radius 3 is 2.80 bits per heavy atom. The van der Waals surface area contributed by atoms with Crippen molar-refractivity contribution >= 4 is 45.8 Å². The number of amidine groups is 1. The maximum atomic E-state index is 13.1. The molecule has 0 aliphatic carbocycles. The van der Waals surface area contributed by atoms with Gasteiger partial charge in [-0.2, -0.15) is 0 Å². The predicted octanol–water partition coefficient (Wildman–Crippen LogP) is 4.45. The van der Waals surface area contributed by atoms with Gasteiger partial charge >= 0.3 is 0 Å². The molecule has 4 nitrogen and oxygen atoms in total. The van der Waals surface area contributed by atoms with E-state index in [4.69, 9.17) is 11.6 Å². The topological polar surface area (TPSA) is 44.7 Å². The maximum absolute atomic E-state index is 13.1. The first kappa shape index (κ1) is 16.2. The third-order valence-electron chi connectivity index (χ3n) is 3.98. The molecule has 0 radical (unpaired) electrons. The molecule has 7 heteroatoms. The first-order chi connectivity index (χ1) is 12.1. The van der Waals surface area contributed by atoms with Crippen molar-refractivity contribution < 1.29 is 9.18 Å². The van der Waals surface area contributed by atoms with Gasteiger partial charge in [-0.15, -0.1) is 0 Å². The molecule has 0 saturated carbocycles. The number of hydrogen-bond acceptors (Lipinski definition) is 4. The second-order valence-electron chi connectivity index (χ2n) is 5.59. The molecule has 0 saturated heterocycles. The number of carbonyl (C=O) groups excluding carboxylic acids is 1. The highest BCUT2D eigenvalue weighted by Crippen LogP contribution is 2.35. The lowest BCUT2D eigenvalue weighted by atomic mass is 10.1. The highest BCUT2D eigenvalue weighted by Gasteiger charge is 2.26. The third-order valence-corrected chi connectivity index (χ3v) is 5.20. The summed E-state index contributed by atoms with van der Waals surface area (Å²) in [6.07, 6.45) is 0. The fourth-order valence-electron chi connectivity index (χ4n) is 2.74. The molecule has 1 N–H and O–H groups in total. The van der Waals surface area contributed by atoms with Crippen LogP contribution in [0.1, 0.15) is 15.9 Å². The van der Waals surface area contributed by atoms with Crippen LogP contribution in [0.15, 0.2) is 52.9 Å². The van der Waals surface area contributed by atoms with Crippen LogP contribution >= 0.6 is 23.4 Å². The van der Waals surface area contributed by atoms with E-state index in [1.54, 1.807) is 11.8 Å². The number of thioether (sulfide) groups is 1. The second-order valence-corrected chi connectivity index (χ2v) is 6.84. The lowest BCUT2D eigenvalue weighted by Gasteiger charge is -2.17. The van der Waals surface area contributed by atoms with Gasteiger partial charge in [0.15, 0.2) is 5.17 Å². The number of nitrogens with one attached hydrogen (secondary N) is 1. The zero-order chi connectivity index (χ0) is 17.4. The van der Waals surface area contributed by atoms with Crippen LogP contribution in [0.25, 0.3) is 5.70 Å². The SMILES string of the molecule is O=C(Nc1ccc(C2=CSC3=NCCN23)cc1)c1ccc(F)cc1Cl. The summed E-state index contributed by atoms with van der Waals surface area (Å²) in [7, 11) is 0. The number of benzene rings is 2. The first-order valence-electron chi connectivity index (χ1n) is 7.67. The van der Waals surface area contributed by atoms with Crippen molar-refractivity contribution in [1.29, 1.82) is 0 Å². The lowest BCUT2D eigenvalue weighted by molar-refractivity contribution is 0.102. The van der Waals surface area contributed by atoms with Gasteiger partial charge in [-0.3, -0.25) is 9.79 Å². The van der Waals surface area contributed by atoms with E-state index in [0.29, 0.717) is 5.69 Å². The summed E-state index contributed by atoms with van der Waals surface area (Å²) >= 11 is 7.56. The molecule has 25 heavy (non-hydrogen) atoms. The number of aliphatic imine (C=N–C) groups is 1. The minimum atomic E-state index is -0.474. The Bertz CT molecular complexity index is 911. The smallest absolute Gasteiger partial charge is 0.257 e. The fourth-order valence-corrected chi connectivity index (χ4v) is 3.96. The Kier molecular flexibility index (Phi) is 4.23. The molecule has 0 bridgehead atoms. The molecule has 0 fully saturated rings. The van der Waals surface area contributed by atoms with Gasteiger partial charge in [-0.05, 0) is 35.9 Å². The van der Waals surface area contributed by atoms with E-state index in [2.05, 4.69) is 20.6 Å². The highest BCUT2D eigenvalue weighted by molar-refractivity contribution is 8.16. The second kappa shape index (κ2) is 6.54. The number of anilines is 1. The number of nitrogens with zero attached hydrogens (tertiary/aromatic N) is 2. The Morgan fingerprint density at radius 1 is 1.24 bits per heavy atom. The van der Waals surface area contributed by atoms with Gasteiger partial charge in [0.05, 0.1) is 22.8 Å². The molecule has 1 amide bonds. The monoisotopic (exact) mass is 373 g/mol. The van der Waals surface area contributed by atoms with Crippen LogP contribution in [-0.4, -0.2) is 29.1 Å². The van der Waals surface area contributed by atoms with Gasteiger partial charge in [-0.25, -0.2) is 4.39 Å². The van der Waals surface area contributed by atoms with Crippen molar-refractivity contribution in [2.75, 3.05) is 18.4 Å². The molecule has 4 rings (SSSR count). The van der Waals surface area contributed by atoms with E-state index < -0.39 is 5.82 Å². The number of halogens is 2. The summed E-state index contributed by atoms with van der Waals surface area (Å²) in [4.78, 5) is 18.9. The molecule has 126 valence electrons. The van der Waals surface area contributed by atoms with Gasteiger partial charge in [0, 0.05) is 17.6 Å². The average Bonchev–Trinajstić information content (AvgIpc) is 3.19. The largest absolute Gasteiger partial charge is 0.322 e. The zero-order valence-corrected chi connectivity index (χ0v) is 14.6. The maximum Gasteiger partial charge on any atom is 0.257 e. The number of amides is 1. The lowest BCUT2D eigenvalue weighted by Crippen LogP contribution is -2.19. The van der Waals surface area contributed by atoms with Crippen LogP contribution in [0.5, 0.6) is 0 Å². The molecule has 0 atom stereocenters. The fraction of sp³-hybridized carbons (Fsp3) is 0.111. The normalized spacial score (nSPS) is 15.7. The van der Waals surface area contributed by atoms with Crippen molar-refractivity contribution in [3.8, 4) is 0 Å². The molecule has 2 aliphatic heterocycles. The zero-order valence-electron chi connectivity index (χ0n) is 13.0. The Balaban J connectivity index is 1.49. The van der Waals surface area contributed by atoms with Crippen LogP contribution in [-0.2, 0) is 0 Å². The molecular weight excluding hydrogens is 361 g/mol. The summed E-state index contributed by atoms with van der Waals surface area (Å²) in [5.41, 5.74) is 3.08. The van der Waals surface area contributed by atoms with Crippen molar-refractivity contribution in [1.82, 2.24) is 4.90 Å². The minimum Gasteiger partial charge on any atom is -0.322 e. The van der Waals surface area contributed by atoms with Gasteiger partial charge in [-0.1, -0.05) is 35.5 Å². The summed E-state index contributed by atoms with van der Waals surface area (Å²) in [6, 6.07) is 11.3. The molecule has 2 aromatic rings. The molecule has 2 heterocycles. The quantitative estimate of drug-likeness (QED) is 0.864. The van der Waals surface area contributed by atoms with E-state index in [9.17, 15) is 9.18 Å². The Hall–Kier alpha value is -2.31. The Labute approximate surface area is 153 Å². The Morgan fingerprint density at radius 2 is 2.04 bits per heavy atom. The van der Waals surface area contributed by atoms with Gasteiger partial charge < -0.3 is 10.2 Å². The molecule has 2 aliphatic rings. The van der Waals surface area contributed by atoms with Gasteiger partial charge in [0.2, 0.25) is 0 Å². The van der Waals surface area contributed by atoms with Crippen LogP contribution in [0.3, 0.4) is 0 Å². The van der Waals surface area contributed by atoms with Crippen molar-refractivity contribution in [3.63, 3.8) is 0 Å².